The van der Waals surface area contributed by atoms with Crippen molar-refractivity contribution in [3.05, 3.63) is 119 Å². The molecule has 0 aliphatic heterocycles. The van der Waals surface area contributed by atoms with Gasteiger partial charge in [0.25, 0.3) is 0 Å². The number of rotatable bonds is 6. The summed E-state index contributed by atoms with van der Waals surface area (Å²) in [5, 5.41) is 2.89. The van der Waals surface area contributed by atoms with E-state index in [2.05, 4.69) is 0 Å². The van der Waals surface area contributed by atoms with Crippen LogP contribution >= 0.6 is 0 Å². The molecule has 0 atom stereocenters. The molecule has 5 aromatic carbocycles. The highest BCUT2D eigenvalue weighted by Crippen LogP contribution is 2.31. The van der Waals surface area contributed by atoms with Crippen LogP contribution in [0.3, 0.4) is 0 Å². The third-order valence-electron chi connectivity index (χ3n) is 6.30. The van der Waals surface area contributed by atoms with Gasteiger partial charge in [-0.3, -0.25) is 0 Å². The Morgan fingerprint density at radius 2 is 0.975 bits per heavy atom. The van der Waals surface area contributed by atoms with Gasteiger partial charge in [-0.15, -0.1) is 0 Å². The maximum absolute atomic E-state index is 13.8. The number of esters is 4. The minimum atomic E-state index is -0.889. The summed E-state index contributed by atoms with van der Waals surface area (Å²) >= 11 is 0. The normalized spacial score (nSPS) is 10.7. The summed E-state index contributed by atoms with van der Waals surface area (Å²) in [4.78, 5) is 51.8. The number of hydrogen-bond donors (Lipinski definition) is 0. The van der Waals surface area contributed by atoms with Crippen molar-refractivity contribution < 1.29 is 38.1 Å². The van der Waals surface area contributed by atoms with Gasteiger partial charge in [0.05, 0.1) is 25.3 Å². The summed E-state index contributed by atoms with van der Waals surface area (Å²) in [6.45, 7) is 0. The highest BCUT2D eigenvalue weighted by Gasteiger charge is 2.26. The molecule has 8 nitrogen and oxygen atoms in total. The lowest BCUT2D eigenvalue weighted by molar-refractivity contribution is 0.0577. The van der Waals surface area contributed by atoms with Gasteiger partial charge in [-0.2, -0.15) is 0 Å². The van der Waals surface area contributed by atoms with Gasteiger partial charge in [-0.25, -0.2) is 19.2 Å². The zero-order chi connectivity index (χ0) is 28.2. The Bertz CT molecular complexity index is 1800. The van der Waals surface area contributed by atoms with Gasteiger partial charge in [0, 0.05) is 0 Å². The maximum Gasteiger partial charge on any atom is 0.345 e. The average molecular weight is 535 g/mol. The number of methoxy groups -OCH3 is 2. The molecule has 0 fully saturated rings. The standard InChI is InChI=1S/C32H22O8/c1-37-29(33)22-11-5-7-13-26(22)39-31(35)24-16-15-21-17-19-9-3-4-10-20(19)18-25(21)28(24)32(36)40-27-14-8-6-12-23(27)30(34)38-2/h3-18H,1-2H3. The van der Waals surface area contributed by atoms with E-state index in [1.54, 1.807) is 36.4 Å². The lowest BCUT2D eigenvalue weighted by atomic mass is 9.95. The molecule has 5 rings (SSSR count). The molecule has 0 amide bonds. The van der Waals surface area contributed by atoms with Crippen LogP contribution in [0.4, 0.5) is 0 Å². The Morgan fingerprint density at radius 3 is 1.55 bits per heavy atom. The molecule has 40 heavy (non-hydrogen) atoms. The highest BCUT2D eigenvalue weighted by molar-refractivity contribution is 6.16. The average Bonchev–Trinajstić information content (AvgIpc) is 2.99. The molecular formula is C32H22O8. The number of benzene rings is 5. The number of hydrogen-bond acceptors (Lipinski definition) is 8. The van der Waals surface area contributed by atoms with E-state index >= 15 is 0 Å². The zero-order valence-electron chi connectivity index (χ0n) is 21.5. The second-order valence-corrected chi connectivity index (χ2v) is 8.66. The summed E-state index contributed by atoms with van der Waals surface area (Å²) in [6, 6.07) is 26.7. The van der Waals surface area contributed by atoms with Gasteiger partial charge in [0.1, 0.15) is 22.6 Å². The van der Waals surface area contributed by atoms with Crippen LogP contribution in [0, 0.1) is 0 Å². The van der Waals surface area contributed by atoms with Gasteiger partial charge >= 0.3 is 23.9 Å². The molecular weight excluding hydrogens is 512 g/mol. The van der Waals surface area contributed by atoms with Gasteiger partial charge in [-0.05, 0) is 64.0 Å². The number of fused-ring (bicyclic) bond motifs is 2. The predicted molar refractivity (Wildman–Crippen MR) is 147 cm³/mol. The quantitative estimate of drug-likeness (QED) is 0.148. The maximum atomic E-state index is 13.8. The Balaban J connectivity index is 1.65. The Kier molecular flexibility index (Phi) is 7.24. The van der Waals surface area contributed by atoms with Crippen LogP contribution in [-0.4, -0.2) is 38.1 Å². The van der Waals surface area contributed by atoms with Crippen molar-refractivity contribution in [2.75, 3.05) is 14.2 Å². The predicted octanol–water partition coefficient (Wildman–Crippen LogP) is 6.00. The van der Waals surface area contributed by atoms with E-state index in [9.17, 15) is 19.2 Å². The zero-order valence-corrected chi connectivity index (χ0v) is 21.5. The molecule has 0 aliphatic rings. The monoisotopic (exact) mass is 534 g/mol. The summed E-state index contributed by atoms with van der Waals surface area (Å²) in [7, 11) is 2.44. The van der Waals surface area contributed by atoms with Crippen LogP contribution in [0.15, 0.2) is 97.1 Å². The first kappa shape index (κ1) is 26.1. The third kappa shape index (κ3) is 4.98. The van der Waals surface area contributed by atoms with E-state index in [1.165, 1.54) is 44.6 Å². The molecule has 198 valence electrons. The van der Waals surface area contributed by atoms with E-state index in [0.717, 1.165) is 10.8 Å². The van der Waals surface area contributed by atoms with Crippen LogP contribution in [0.25, 0.3) is 21.5 Å². The van der Waals surface area contributed by atoms with Crippen molar-refractivity contribution in [1.82, 2.24) is 0 Å². The Hall–Kier alpha value is -5.50. The number of para-hydroxylation sites is 2. The molecule has 0 unspecified atom stereocenters. The third-order valence-corrected chi connectivity index (χ3v) is 6.30. The van der Waals surface area contributed by atoms with E-state index in [0.29, 0.717) is 10.8 Å². The molecule has 0 saturated carbocycles. The minimum absolute atomic E-state index is 0.0340. The summed E-state index contributed by atoms with van der Waals surface area (Å²) < 4.78 is 20.9. The van der Waals surface area contributed by atoms with Gasteiger partial charge < -0.3 is 18.9 Å². The molecule has 8 heteroatoms. The second kappa shape index (κ2) is 11.1. The van der Waals surface area contributed by atoms with Gasteiger partial charge in [0.15, 0.2) is 0 Å². The van der Waals surface area contributed by atoms with Gasteiger partial charge in [0.2, 0.25) is 0 Å². The first-order valence-corrected chi connectivity index (χ1v) is 12.2. The molecule has 0 saturated heterocycles. The first-order valence-electron chi connectivity index (χ1n) is 12.2. The van der Waals surface area contributed by atoms with E-state index in [1.807, 2.05) is 30.3 Å². The fourth-order valence-electron chi connectivity index (χ4n) is 4.38. The van der Waals surface area contributed by atoms with Crippen LogP contribution in [0.2, 0.25) is 0 Å². The number of ether oxygens (including phenoxy) is 4. The van der Waals surface area contributed by atoms with Crippen LogP contribution in [0.1, 0.15) is 41.4 Å². The van der Waals surface area contributed by atoms with E-state index < -0.39 is 23.9 Å². The molecule has 0 bridgehead atoms. The van der Waals surface area contributed by atoms with Crippen molar-refractivity contribution in [3.63, 3.8) is 0 Å². The number of carbonyl (C=O) groups excluding carboxylic acids is 4. The van der Waals surface area contributed by atoms with Crippen molar-refractivity contribution >= 4 is 45.4 Å². The first-order chi connectivity index (χ1) is 19.4. The number of carbonyl (C=O) groups is 4. The SMILES string of the molecule is COC(=O)c1ccccc1OC(=O)c1ccc2cc3ccccc3cc2c1C(=O)Oc1ccccc1C(=O)OC. The lowest BCUT2D eigenvalue weighted by Crippen LogP contribution is -2.20. The highest BCUT2D eigenvalue weighted by atomic mass is 16.6. The molecule has 0 aromatic heterocycles. The second-order valence-electron chi connectivity index (χ2n) is 8.66. The summed E-state index contributed by atoms with van der Waals surface area (Å²) in [5.74, 6) is -3.22. The fourth-order valence-corrected chi connectivity index (χ4v) is 4.38. The largest absolute Gasteiger partial charge is 0.465 e. The summed E-state index contributed by atoms with van der Waals surface area (Å²) in [6.07, 6.45) is 0. The molecule has 5 aromatic rings. The smallest absolute Gasteiger partial charge is 0.345 e. The van der Waals surface area contributed by atoms with Gasteiger partial charge in [-0.1, -0.05) is 54.6 Å². The fraction of sp³-hybridized carbons (Fsp3) is 0.0625. The Morgan fingerprint density at radius 1 is 0.475 bits per heavy atom. The van der Waals surface area contributed by atoms with E-state index in [4.69, 9.17) is 18.9 Å². The van der Waals surface area contributed by atoms with E-state index in [-0.39, 0.29) is 33.8 Å². The van der Waals surface area contributed by atoms with Crippen molar-refractivity contribution in [3.8, 4) is 11.5 Å². The topological polar surface area (TPSA) is 105 Å². The molecule has 0 radical (unpaired) electrons. The van der Waals surface area contributed by atoms with Crippen LogP contribution < -0.4 is 9.47 Å². The molecule has 0 aliphatic carbocycles. The Labute approximate surface area is 228 Å². The molecule has 0 spiro atoms. The lowest BCUT2D eigenvalue weighted by Gasteiger charge is -2.15. The van der Waals surface area contributed by atoms with Crippen LogP contribution in [-0.2, 0) is 9.47 Å². The molecule has 0 heterocycles. The molecule has 0 N–H and O–H groups in total. The van der Waals surface area contributed by atoms with Crippen molar-refractivity contribution in [2.24, 2.45) is 0 Å². The van der Waals surface area contributed by atoms with Crippen molar-refractivity contribution in [2.45, 2.75) is 0 Å². The van der Waals surface area contributed by atoms with Crippen molar-refractivity contribution in [1.29, 1.82) is 0 Å². The van der Waals surface area contributed by atoms with Crippen LogP contribution in [0.5, 0.6) is 11.5 Å². The summed E-state index contributed by atoms with van der Waals surface area (Å²) in [5.41, 5.74) is -0.0760. The minimum Gasteiger partial charge on any atom is -0.465 e.